The summed E-state index contributed by atoms with van der Waals surface area (Å²) in [5, 5.41) is 16.9. The van der Waals surface area contributed by atoms with Crippen molar-refractivity contribution in [3.8, 4) is 17.6 Å². The third kappa shape index (κ3) is 6.69. The normalized spacial score (nSPS) is 17.8. The Hall–Kier alpha value is -4.14. The number of ether oxygens (including phenoxy) is 1. The standard InChI is InChI=1S/C36H37N7OS2/c1-36(16-17-36)41-27-10-8-24(9-11-27)22-43-19-18-42(2)23-30(43)29-6-4-5-7-31(29)44-28-14-12-26(13-15-28)39-32-25(20-37)21-38-34-33(32)46-35(40-34)45-3/h4-15,21,30,41H,16-19,22-23H2,1-3H3,(H,38,39). The minimum absolute atomic E-state index is 0.197. The summed E-state index contributed by atoms with van der Waals surface area (Å²) in [5.41, 5.74) is 6.70. The van der Waals surface area contributed by atoms with E-state index < -0.39 is 0 Å². The SMILES string of the molecule is CSc1nc2ncc(C#N)c(Nc3ccc(Oc4ccccc4C4CN(C)CCN4Cc4ccc(NC5(C)CC5)cc4)cc3)c2s1. The number of nitrogens with zero attached hydrogens (tertiary/aromatic N) is 5. The molecule has 3 heterocycles. The number of nitrogens with one attached hydrogen (secondary N) is 2. The number of likely N-dealkylation sites (N-methyl/N-ethyl adjacent to an activating group) is 1. The molecule has 1 saturated carbocycles. The molecule has 2 N–H and O–H groups in total. The minimum Gasteiger partial charge on any atom is -0.457 e. The summed E-state index contributed by atoms with van der Waals surface area (Å²) in [6.45, 7) is 6.12. The molecule has 3 aromatic carbocycles. The third-order valence-electron chi connectivity index (χ3n) is 8.81. The number of piperazine rings is 1. The summed E-state index contributed by atoms with van der Waals surface area (Å²) in [6.07, 6.45) is 6.05. The first-order valence-corrected chi connectivity index (χ1v) is 17.6. The Morgan fingerprint density at radius 3 is 2.54 bits per heavy atom. The van der Waals surface area contributed by atoms with Gasteiger partial charge in [0.25, 0.3) is 0 Å². The lowest BCUT2D eigenvalue weighted by Crippen LogP contribution is -2.46. The second-order valence-corrected chi connectivity index (χ2v) is 14.5. The van der Waals surface area contributed by atoms with E-state index in [2.05, 4.69) is 92.9 Å². The molecule has 0 spiro atoms. The molecule has 1 aliphatic heterocycles. The first-order valence-electron chi connectivity index (χ1n) is 15.6. The monoisotopic (exact) mass is 647 g/mol. The van der Waals surface area contributed by atoms with Gasteiger partial charge in [-0.25, -0.2) is 9.97 Å². The Morgan fingerprint density at radius 1 is 1.04 bits per heavy atom. The van der Waals surface area contributed by atoms with Crippen LogP contribution in [0, 0.1) is 11.3 Å². The van der Waals surface area contributed by atoms with Crippen molar-refractivity contribution >= 4 is 50.5 Å². The third-order valence-corrected chi connectivity index (χ3v) is 10.9. The number of thioether (sulfide) groups is 1. The van der Waals surface area contributed by atoms with Gasteiger partial charge in [0.2, 0.25) is 0 Å². The predicted molar refractivity (Wildman–Crippen MR) is 189 cm³/mol. The minimum atomic E-state index is 0.197. The van der Waals surface area contributed by atoms with Gasteiger partial charge in [0.05, 0.1) is 22.0 Å². The summed E-state index contributed by atoms with van der Waals surface area (Å²) in [6, 6.07) is 27.7. The highest BCUT2D eigenvalue weighted by Gasteiger charge is 2.37. The first kappa shape index (κ1) is 30.5. The smallest absolute Gasteiger partial charge is 0.173 e. The summed E-state index contributed by atoms with van der Waals surface area (Å²) in [7, 11) is 2.20. The molecule has 7 rings (SSSR count). The van der Waals surface area contributed by atoms with Crippen LogP contribution in [0.25, 0.3) is 10.3 Å². The number of anilines is 3. The van der Waals surface area contributed by atoms with Crippen LogP contribution in [0.2, 0.25) is 0 Å². The summed E-state index contributed by atoms with van der Waals surface area (Å²) >= 11 is 3.11. The maximum Gasteiger partial charge on any atom is 0.173 e. The molecule has 234 valence electrons. The molecular weight excluding hydrogens is 611 g/mol. The number of aromatic nitrogens is 2. The number of rotatable bonds is 10. The van der Waals surface area contributed by atoms with Crippen molar-refractivity contribution in [1.82, 2.24) is 19.8 Å². The fourth-order valence-corrected chi connectivity index (χ4v) is 7.43. The largest absolute Gasteiger partial charge is 0.457 e. The molecule has 1 aliphatic carbocycles. The molecule has 1 unspecified atom stereocenters. The quantitative estimate of drug-likeness (QED) is 0.145. The fourth-order valence-electron chi connectivity index (χ4n) is 5.91. The molecule has 1 saturated heterocycles. The zero-order chi connectivity index (χ0) is 31.7. The van der Waals surface area contributed by atoms with Gasteiger partial charge < -0.3 is 20.3 Å². The predicted octanol–water partition coefficient (Wildman–Crippen LogP) is 8.27. The van der Waals surface area contributed by atoms with Gasteiger partial charge >= 0.3 is 0 Å². The van der Waals surface area contributed by atoms with E-state index in [4.69, 9.17) is 4.74 Å². The van der Waals surface area contributed by atoms with Gasteiger partial charge in [0.15, 0.2) is 9.99 Å². The molecule has 0 radical (unpaired) electrons. The van der Waals surface area contributed by atoms with E-state index in [1.807, 2.05) is 36.6 Å². The van der Waals surface area contributed by atoms with E-state index in [1.54, 1.807) is 18.0 Å². The first-order chi connectivity index (χ1) is 22.4. The van der Waals surface area contributed by atoms with E-state index in [-0.39, 0.29) is 11.6 Å². The lowest BCUT2D eigenvalue weighted by atomic mass is 10.00. The van der Waals surface area contributed by atoms with Crippen molar-refractivity contribution in [1.29, 1.82) is 5.26 Å². The molecular formula is C36H37N7OS2. The molecule has 10 heteroatoms. The zero-order valence-electron chi connectivity index (χ0n) is 26.3. The van der Waals surface area contributed by atoms with Crippen LogP contribution >= 0.6 is 23.1 Å². The number of thiazole rings is 1. The molecule has 5 aromatic rings. The Labute approximate surface area is 278 Å². The van der Waals surface area contributed by atoms with Crippen LogP contribution in [0.15, 0.2) is 83.3 Å². The van der Waals surface area contributed by atoms with Crippen molar-refractivity contribution in [2.75, 3.05) is 43.6 Å². The average molecular weight is 648 g/mol. The van der Waals surface area contributed by atoms with E-state index in [1.165, 1.54) is 41.0 Å². The van der Waals surface area contributed by atoms with Gasteiger partial charge in [0.1, 0.15) is 17.6 Å². The number of nitriles is 1. The summed E-state index contributed by atoms with van der Waals surface area (Å²) in [5.74, 6) is 1.62. The van der Waals surface area contributed by atoms with Crippen LogP contribution in [0.1, 0.15) is 42.5 Å². The molecule has 2 aliphatic rings. The highest BCUT2D eigenvalue weighted by Crippen LogP contribution is 2.39. The topological polar surface area (TPSA) is 89.3 Å². The van der Waals surface area contributed by atoms with Gasteiger partial charge in [-0.3, -0.25) is 4.90 Å². The maximum atomic E-state index is 9.75. The molecule has 46 heavy (non-hydrogen) atoms. The molecule has 8 nitrogen and oxygen atoms in total. The second-order valence-electron chi connectivity index (χ2n) is 12.4. The molecule has 1 atom stereocenters. The molecule has 2 fully saturated rings. The van der Waals surface area contributed by atoms with Crippen LogP contribution in [-0.2, 0) is 6.54 Å². The molecule has 0 amide bonds. The van der Waals surface area contributed by atoms with Crippen molar-refractivity contribution in [3.05, 3.63) is 95.7 Å². The van der Waals surface area contributed by atoms with Crippen LogP contribution < -0.4 is 15.4 Å². The van der Waals surface area contributed by atoms with E-state index in [0.29, 0.717) is 11.2 Å². The van der Waals surface area contributed by atoms with Crippen LogP contribution in [-0.4, -0.2) is 58.2 Å². The number of hydrogen-bond acceptors (Lipinski definition) is 10. The highest BCUT2D eigenvalue weighted by atomic mass is 32.2. The Kier molecular flexibility index (Phi) is 8.58. The van der Waals surface area contributed by atoms with Crippen molar-refractivity contribution in [2.45, 2.75) is 42.2 Å². The lowest BCUT2D eigenvalue weighted by molar-refractivity contribution is 0.0821. The Balaban J connectivity index is 1.08. The van der Waals surface area contributed by atoms with E-state index >= 15 is 0 Å². The second kappa shape index (κ2) is 12.9. The van der Waals surface area contributed by atoms with Gasteiger partial charge in [-0.1, -0.05) is 42.1 Å². The highest BCUT2D eigenvalue weighted by molar-refractivity contribution is 8.00. The maximum absolute atomic E-state index is 9.75. The van der Waals surface area contributed by atoms with Crippen molar-refractivity contribution < 1.29 is 4.74 Å². The zero-order valence-corrected chi connectivity index (χ0v) is 27.9. The number of fused-ring (bicyclic) bond motifs is 1. The van der Waals surface area contributed by atoms with Gasteiger partial charge in [-0.15, -0.1) is 11.3 Å². The van der Waals surface area contributed by atoms with Crippen molar-refractivity contribution in [2.24, 2.45) is 0 Å². The van der Waals surface area contributed by atoms with Crippen LogP contribution in [0.4, 0.5) is 17.1 Å². The Bertz CT molecular complexity index is 1880. The average Bonchev–Trinajstić information content (AvgIpc) is 3.64. The van der Waals surface area contributed by atoms with E-state index in [9.17, 15) is 5.26 Å². The van der Waals surface area contributed by atoms with E-state index in [0.717, 1.165) is 58.1 Å². The van der Waals surface area contributed by atoms with Gasteiger partial charge in [0, 0.05) is 54.9 Å². The number of hydrogen-bond donors (Lipinski definition) is 2. The van der Waals surface area contributed by atoms with Gasteiger partial charge in [-0.05, 0) is 81.1 Å². The fraction of sp³-hybridized carbons (Fsp3) is 0.306. The molecule has 2 aromatic heterocycles. The molecule has 0 bridgehead atoms. The number of benzene rings is 3. The van der Waals surface area contributed by atoms with Gasteiger partial charge in [-0.2, -0.15) is 5.26 Å². The Morgan fingerprint density at radius 2 is 1.80 bits per heavy atom. The number of para-hydroxylation sites is 1. The lowest BCUT2D eigenvalue weighted by Gasteiger charge is -2.40. The van der Waals surface area contributed by atoms with Crippen LogP contribution in [0.5, 0.6) is 11.5 Å². The summed E-state index contributed by atoms with van der Waals surface area (Å²) in [4.78, 5) is 13.9. The van der Waals surface area contributed by atoms with Crippen LogP contribution in [0.3, 0.4) is 0 Å². The summed E-state index contributed by atoms with van der Waals surface area (Å²) < 4.78 is 8.34. The number of pyridine rings is 1. The van der Waals surface area contributed by atoms with Crippen molar-refractivity contribution in [3.63, 3.8) is 0 Å².